The van der Waals surface area contributed by atoms with Crippen LogP contribution in [0.5, 0.6) is 0 Å². The highest BCUT2D eigenvalue weighted by Crippen LogP contribution is 2.41. The van der Waals surface area contributed by atoms with Gasteiger partial charge in [0, 0.05) is 5.56 Å². The molecule has 0 spiro atoms. The van der Waals surface area contributed by atoms with Crippen LogP contribution in [0.4, 0.5) is 5.69 Å². The maximum absolute atomic E-state index is 12.6. The minimum Gasteiger partial charge on any atom is -0.339 e. The summed E-state index contributed by atoms with van der Waals surface area (Å²) in [7, 11) is 0. The van der Waals surface area contributed by atoms with E-state index in [1.807, 2.05) is 18.2 Å². The van der Waals surface area contributed by atoms with Crippen molar-refractivity contribution in [2.45, 2.75) is 43.3 Å². The number of nitrogens with two attached hydrogens (primary N) is 1. The minimum atomic E-state index is -0.758. The largest absolute Gasteiger partial charge is 0.339 e. The molecule has 9 nitrogen and oxygen atoms in total. The van der Waals surface area contributed by atoms with Crippen molar-refractivity contribution in [1.29, 1.82) is 0 Å². The Hall–Kier alpha value is -3.10. The van der Waals surface area contributed by atoms with E-state index in [0.717, 1.165) is 0 Å². The molecule has 0 aliphatic heterocycles. The fourth-order valence-corrected chi connectivity index (χ4v) is 4.56. The van der Waals surface area contributed by atoms with Crippen LogP contribution in [0.1, 0.15) is 43.7 Å². The smallest absolute Gasteiger partial charge is 0.234 e. The van der Waals surface area contributed by atoms with Crippen molar-refractivity contribution >= 4 is 52.5 Å². The van der Waals surface area contributed by atoms with Crippen LogP contribution in [-0.4, -0.2) is 49.9 Å². The summed E-state index contributed by atoms with van der Waals surface area (Å²) in [5.41, 5.74) is 7.56. The molecule has 1 fully saturated rings. The summed E-state index contributed by atoms with van der Waals surface area (Å²) < 4.78 is 1.55. The van der Waals surface area contributed by atoms with Gasteiger partial charge in [-0.1, -0.05) is 52.9 Å². The van der Waals surface area contributed by atoms with E-state index in [2.05, 4.69) is 38.0 Å². The van der Waals surface area contributed by atoms with Crippen LogP contribution in [0.2, 0.25) is 10.0 Å². The minimum absolute atomic E-state index is 0.0627. The van der Waals surface area contributed by atoms with Crippen LogP contribution in [0.25, 0.3) is 5.69 Å². The number of hydrogen-bond donors (Lipinski definition) is 3. The van der Waals surface area contributed by atoms with E-state index in [-0.39, 0.29) is 24.1 Å². The molecule has 0 radical (unpaired) electrons. The fourth-order valence-electron chi connectivity index (χ4n) is 3.45. The van der Waals surface area contributed by atoms with E-state index in [4.69, 9.17) is 28.9 Å². The standard InChI is InChI=1S/C25H25Cl2N7O2S/c1-25(2,30-22(35)13-28)10-9-15-3-8-20(19(27)11-15)29-23(36)14-37-24-31-32-33-34(24)21-12-17(16-4-5-16)6-7-18(21)26/h3,6-8,11-12,16H,4-5,13-14,28H2,1-2H3,(H,29,36)(H,30,35). The molecule has 1 heterocycles. The number of anilines is 1. The number of nitrogens with one attached hydrogen (secondary N) is 2. The molecule has 2 aromatic carbocycles. The molecule has 3 aromatic rings. The van der Waals surface area contributed by atoms with Gasteiger partial charge in [-0.3, -0.25) is 9.59 Å². The lowest BCUT2D eigenvalue weighted by molar-refractivity contribution is -0.120. The molecule has 37 heavy (non-hydrogen) atoms. The molecule has 1 aliphatic carbocycles. The first-order chi connectivity index (χ1) is 17.6. The zero-order valence-corrected chi connectivity index (χ0v) is 22.5. The lowest BCUT2D eigenvalue weighted by Crippen LogP contribution is -2.45. The number of tetrazole rings is 1. The third kappa shape index (κ3) is 7.23. The number of amides is 2. The third-order valence-corrected chi connectivity index (χ3v) is 6.97. The predicted octanol–water partition coefficient (Wildman–Crippen LogP) is 3.78. The van der Waals surface area contributed by atoms with Gasteiger partial charge in [-0.15, -0.1) is 5.10 Å². The quantitative estimate of drug-likeness (QED) is 0.284. The van der Waals surface area contributed by atoms with Gasteiger partial charge in [-0.25, -0.2) is 0 Å². The Kier molecular flexibility index (Phi) is 8.39. The highest BCUT2D eigenvalue weighted by molar-refractivity contribution is 7.99. The van der Waals surface area contributed by atoms with Crippen LogP contribution in [-0.2, 0) is 9.59 Å². The van der Waals surface area contributed by atoms with Crippen molar-refractivity contribution < 1.29 is 9.59 Å². The highest BCUT2D eigenvalue weighted by Gasteiger charge is 2.25. The molecule has 0 atom stereocenters. The molecular weight excluding hydrogens is 533 g/mol. The van der Waals surface area contributed by atoms with Gasteiger partial charge < -0.3 is 16.4 Å². The number of thioether (sulfide) groups is 1. The SMILES string of the molecule is CC(C)(C#Cc1ccc(NC(=O)CSc2nnnn2-c2cc(C3CC3)ccc2Cl)c(Cl)c1)NC(=O)CN. The number of rotatable bonds is 8. The van der Waals surface area contributed by atoms with E-state index in [1.165, 1.54) is 30.2 Å². The van der Waals surface area contributed by atoms with E-state index >= 15 is 0 Å². The summed E-state index contributed by atoms with van der Waals surface area (Å²) in [4.78, 5) is 24.2. The Morgan fingerprint density at radius 2 is 1.95 bits per heavy atom. The van der Waals surface area contributed by atoms with Crippen molar-refractivity contribution in [1.82, 2.24) is 25.5 Å². The number of carbonyl (C=O) groups excluding carboxylic acids is 2. The van der Waals surface area contributed by atoms with E-state index in [0.29, 0.717) is 38.1 Å². The second kappa shape index (κ2) is 11.5. The molecule has 1 saturated carbocycles. The number of aromatic nitrogens is 4. The van der Waals surface area contributed by atoms with Gasteiger partial charge in [0.2, 0.25) is 17.0 Å². The number of hydrogen-bond acceptors (Lipinski definition) is 7. The Labute approximate surface area is 228 Å². The molecule has 4 rings (SSSR count). The van der Waals surface area contributed by atoms with Gasteiger partial charge in [0.1, 0.15) is 0 Å². The molecule has 12 heteroatoms. The Balaban J connectivity index is 1.38. The van der Waals surface area contributed by atoms with Gasteiger partial charge in [0.15, 0.2) is 0 Å². The summed E-state index contributed by atoms with van der Waals surface area (Å²) in [6.07, 6.45) is 2.33. The molecular formula is C25H25Cl2N7O2S. The first-order valence-electron chi connectivity index (χ1n) is 11.5. The Bertz CT molecular complexity index is 1390. The average molecular weight is 558 g/mol. The van der Waals surface area contributed by atoms with Crippen LogP contribution in [0, 0.1) is 11.8 Å². The van der Waals surface area contributed by atoms with Gasteiger partial charge >= 0.3 is 0 Å². The lowest BCUT2D eigenvalue weighted by Gasteiger charge is -2.19. The summed E-state index contributed by atoms with van der Waals surface area (Å²) >= 11 is 14.0. The fraction of sp³-hybridized carbons (Fsp3) is 0.320. The number of halogens is 2. The summed E-state index contributed by atoms with van der Waals surface area (Å²) in [6.45, 7) is 3.44. The van der Waals surface area contributed by atoms with E-state index < -0.39 is 5.54 Å². The van der Waals surface area contributed by atoms with E-state index in [1.54, 1.807) is 36.7 Å². The van der Waals surface area contributed by atoms with Crippen molar-refractivity contribution in [2.24, 2.45) is 5.73 Å². The molecule has 4 N–H and O–H groups in total. The first kappa shape index (κ1) is 26.9. The molecule has 1 aromatic heterocycles. The zero-order chi connectivity index (χ0) is 26.6. The maximum atomic E-state index is 12.6. The molecule has 2 amide bonds. The predicted molar refractivity (Wildman–Crippen MR) is 145 cm³/mol. The Morgan fingerprint density at radius 3 is 2.65 bits per heavy atom. The van der Waals surface area contributed by atoms with Gasteiger partial charge in [0.25, 0.3) is 0 Å². The molecule has 0 unspecified atom stereocenters. The Morgan fingerprint density at radius 1 is 1.16 bits per heavy atom. The van der Waals surface area contributed by atoms with Gasteiger partial charge in [-0.05, 0) is 78.9 Å². The lowest BCUT2D eigenvalue weighted by atomic mass is 10.1. The van der Waals surface area contributed by atoms with Crippen molar-refractivity contribution in [2.75, 3.05) is 17.6 Å². The van der Waals surface area contributed by atoms with E-state index in [9.17, 15) is 9.59 Å². The zero-order valence-electron chi connectivity index (χ0n) is 20.2. The third-order valence-electron chi connectivity index (χ3n) is 5.42. The number of nitrogens with zero attached hydrogens (tertiary/aromatic N) is 4. The van der Waals surface area contributed by atoms with Gasteiger partial charge in [0.05, 0.1) is 39.3 Å². The average Bonchev–Trinajstić information content (AvgIpc) is 3.60. The second-order valence-corrected chi connectivity index (χ2v) is 10.8. The second-order valence-electron chi connectivity index (χ2n) is 9.02. The van der Waals surface area contributed by atoms with Crippen LogP contribution < -0.4 is 16.4 Å². The summed E-state index contributed by atoms with van der Waals surface area (Å²) in [6, 6.07) is 10.9. The van der Waals surface area contributed by atoms with Crippen LogP contribution >= 0.6 is 35.0 Å². The summed E-state index contributed by atoms with van der Waals surface area (Å²) in [5, 5.41) is 18.7. The van der Waals surface area contributed by atoms with Crippen LogP contribution in [0.15, 0.2) is 41.6 Å². The number of benzene rings is 2. The monoisotopic (exact) mass is 557 g/mol. The first-order valence-corrected chi connectivity index (χ1v) is 13.2. The number of carbonyl (C=O) groups is 2. The van der Waals surface area contributed by atoms with Crippen molar-refractivity contribution in [3.63, 3.8) is 0 Å². The van der Waals surface area contributed by atoms with Gasteiger partial charge in [-0.2, -0.15) is 4.68 Å². The highest BCUT2D eigenvalue weighted by atomic mass is 35.5. The molecule has 0 saturated heterocycles. The molecule has 1 aliphatic rings. The van der Waals surface area contributed by atoms with Crippen LogP contribution in [0.3, 0.4) is 0 Å². The maximum Gasteiger partial charge on any atom is 0.234 e. The normalized spacial score (nSPS) is 13.0. The molecule has 192 valence electrons. The van der Waals surface area contributed by atoms with Crippen molar-refractivity contribution in [3.8, 4) is 17.5 Å². The topological polar surface area (TPSA) is 128 Å². The molecule has 0 bridgehead atoms. The summed E-state index contributed by atoms with van der Waals surface area (Å²) in [5.74, 6) is 6.01. The van der Waals surface area contributed by atoms with Crippen molar-refractivity contribution in [3.05, 3.63) is 57.6 Å².